The molecule has 0 radical (unpaired) electrons. The van der Waals surface area contributed by atoms with Gasteiger partial charge in [0, 0.05) is 23.5 Å². The molecular weight excluding hydrogens is 290 g/mol. The Hall–Kier alpha value is -1.84. The minimum absolute atomic E-state index is 0.178. The molecule has 2 aromatic carbocycles. The Labute approximate surface area is 135 Å². The van der Waals surface area contributed by atoms with Crippen molar-refractivity contribution in [3.8, 4) is 5.75 Å². The fourth-order valence-corrected chi connectivity index (χ4v) is 3.26. The van der Waals surface area contributed by atoms with Crippen molar-refractivity contribution in [3.63, 3.8) is 0 Å². The number of fused-ring (bicyclic) bond motifs is 1. The molecule has 2 nitrogen and oxygen atoms in total. The quantitative estimate of drug-likeness (QED) is 0.693. The lowest BCUT2D eigenvalue weighted by molar-refractivity contribution is 0.240. The third kappa shape index (κ3) is 3.49. The van der Waals surface area contributed by atoms with E-state index in [1.165, 1.54) is 21.2 Å². The summed E-state index contributed by atoms with van der Waals surface area (Å²) in [4.78, 5) is 1.35. The largest absolute Gasteiger partial charge is 0.491 e. The lowest BCUT2D eigenvalue weighted by Crippen LogP contribution is -2.15. The zero-order valence-corrected chi connectivity index (χ0v) is 13.8. The average molecular weight is 311 g/mol. The summed E-state index contributed by atoms with van der Waals surface area (Å²) in [5.74, 6) is 0.979. The molecule has 0 atom stereocenters. The second kappa shape index (κ2) is 6.95. The number of benzene rings is 2. The summed E-state index contributed by atoms with van der Waals surface area (Å²) in [5.41, 5.74) is 1.24. The Kier molecular flexibility index (Phi) is 4.76. The standard InChI is InChI=1S/C19H21NOS/c1-14(2)21-19-10-9-15-6-3-4-8-17(15)18(19)13-20-12-16-7-5-11-22-16/h3-11,14,20H,12-13H2,1-2H3. The van der Waals surface area contributed by atoms with E-state index in [-0.39, 0.29) is 6.10 Å². The van der Waals surface area contributed by atoms with Gasteiger partial charge in [-0.05, 0) is 42.1 Å². The van der Waals surface area contributed by atoms with Crippen LogP contribution >= 0.6 is 11.3 Å². The van der Waals surface area contributed by atoms with Gasteiger partial charge < -0.3 is 10.1 Å². The number of rotatable bonds is 6. The second-order valence-corrected chi connectivity index (χ2v) is 6.65. The SMILES string of the molecule is CC(C)Oc1ccc2ccccc2c1CNCc1cccs1. The van der Waals surface area contributed by atoms with Gasteiger partial charge >= 0.3 is 0 Å². The molecule has 1 heterocycles. The van der Waals surface area contributed by atoms with E-state index in [4.69, 9.17) is 4.74 Å². The predicted molar refractivity (Wildman–Crippen MR) is 94.6 cm³/mol. The molecule has 0 saturated heterocycles. The lowest BCUT2D eigenvalue weighted by atomic mass is 10.0. The summed E-state index contributed by atoms with van der Waals surface area (Å²) in [6.07, 6.45) is 0.178. The van der Waals surface area contributed by atoms with Crippen molar-refractivity contribution in [2.24, 2.45) is 0 Å². The first-order valence-electron chi connectivity index (χ1n) is 7.64. The molecule has 114 valence electrons. The summed E-state index contributed by atoms with van der Waals surface area (Å²) >= 11 is 1.78. The first-order valence-corrected chi connectivity index (χ1v) is 8.52. The van der Waals surface area contributed by atoms with E-state index in [0.29, 0.717) is 0 Å². The van der Waals surface area contributed by atoms with Gasteiger partial charge in [-0.2, -0.15) is 0 Å². The number of hydrogen-bond acceptors (Lipinski definition) is 3. The van der Waals surface area contributed by atoms with Crippen molar-refractivity contribution in [2.75, 3.05) is 0 Å². The Morgan fingerprint density at radius 1 is 1.00 bits per heavy atom. The number of thiophene rings is 1. The highest BCUT2D eigenvalue weighted by Gasteiger charge is 2.10. The molecule has 0 aliphatic carbocycles. The molecule has 0 bridgehead atoms. The summed E-state index contributed by atoms with van der Waals surface area (Å²) in [7, 11) is 0. The van der Waals surface area contributed by atoms with Gasteiger partial charge in [-0.25, -0.2) is 0 Å². The van der Waals surface area contributed by atoms with Crippen LogP contribution in [0.5, 0.6) is 5.75 Å². The van der Waals surface area contributed by atoms with E-state index in [1.54, 1.807) is 11.3 Å². The zero-order chi connectivity index (χ0) is 15.4. The molecule has 0 fully saturated rings. The van der Waals surface area contributed by atoms with E-state index in [9.17, 15) is 0 Å². The third-order valence-corrected chi connectivity index (χ3v) is 4.42. The second-order valence-electron chi connectivity index (χ2n) is 5.61. The van der Waals surface area contributed by atoms with Crippen LogP contribution in [0.1, 0.15) is 24.3 Å². The maximum Gasteiger partial charge on any atom is 0.124 e. The zero-order valence-electron chi connectivity index (χ0n) is 13.0. The molecule has 0 unspecified atom stereocenters. The monoisotopic (exact) mass is 311 g/mol. The number of ether oxygens (including phenoxy) is 1. The van der Waals surface area contributed by atoms with E-state index < -0.39 is 0 Å². The van der Waals surface area contributed by atoms with Crippen LogP contribution in [0.2, 0.25) is 0 Å². The highest BCUT2D eigenvalue weighted by atomic mass is 32.1. The van der Waals surface area contributed by atoms with Crippen molar-refractivity contribution < 1.29 is 4.74 Å². The molecule has 3 aromatic rings. The summed E-state index contributed by atoms with van der Waals surface area (Å²) in [6.45, 7) is 5.83. The summed E-state index contributed by atoms with van der Waals surface area (Å²) < 4.78 is 6.00. The van der Waals surface area contributed by atoms with Gasteiger partial charge in [0.05, 0.1) is 6.10 Å². The van der Waals surface area contributed by atoms with E-state index >= 15 is 0 Å². The Morgan fingerprint density at radius 3 is 2.64 bits per heavy atom. The summed E-state index contributed by atoms with van der Waals surface area (Å²) in [6, 6.07) is 17.0. The minimum Gasteiger partial charge on any atom is -0.491 e. The lowest BCUT2D eigenvalue weighted by Gasteiger charge is -2.17. The van der Waals surface area contributed by atoms with Crippen molar-refractivity contribution in [3.05, 3.63) is 64.4 Å². The molecule has 3 heteroatoms. The highest BCUT2D eigenvalue weighted by Crippen LogP contribution is 2.29. The van der Waals surface area contributed by atoms with Crippen LogP contribution in [0.3, 0.4) is 0 Å². The van der Waals surface area contributed by atoms with Gasteiger partial charge in [-0.3, -0.25) is 0 Å². The molecule has 0 saturated carbocycles. The molecule has 0 amide bonds. The normalized spacial score (nSPS) is 11.2. The van der Waals surface area contributed by atoms with E-state index in [1.807, 2.05) is 0 Å². The maximum atomic E-state index is 6.00. The van der Waals surface area contributed by atoms with Crippen LogP contribution in [0, 0.1) is 0 Å². The van der Waals surface area contributed by atoms with Gasteiger partial charge in [-0.1, -0.05) is 36.4 Å². The Morgan fingerprint density at radius 2 is 1.86 bits per heavy atom. The maximum absolute atomic E-state index is 6.00. The van der Waals surface area contributed by atoms with E-state index in [2.05, 4.69) is 73.1 Å². The average Bonchev–Trinajstić information content (AvgIpc) is 3.02. The highest BCUT2D eigenvalue weighted by molar-refractivity contribution is 7.09. The third-order valence-electron chi connectivity index (χ3n) is 3.54. The van der Waals surface area contributed by atoms with Crippen LogP contribution in [0.4, 0.5) is 0 Å². The van der Waals surface area contributed by atoms with Gasteiger partial charge in [0.25, 0.3) is 0 Å². The topological polar surface area (TPSA) is 21.3 Å². The first kappa shape index (κ1) is 15.1. The fraction of sp³-hybridized carbons (Fsp3) is 0.263. The van der Waals surface area contributed by atoms with Gasteiger partial charge in [0.2, 0.25) is 0 Å². The van der Waals surface area contributed by atoms with Crippen molar-refractivity contribution in [1.29, 1.82) is 0 Å². The fourth-order valence-electron chi connectivity index (χ4n) is 2.59. The Balaban J connectivity index is 1.86. The van der Waals surface area contributed by atoms with Crippen molar-refractivity contribution >= 4 is 22.1 Å². The Bertz CT molecular complexity index is 734. The predicted octanol–water partition coefficient (Wildman–Crippen LogP) is 4.98. The molecule has 3 rings (SSSR count). The number of hydrogen-bond donors (Lipinski definition) is 1. The molecule has 1 aromatic heterocycles. The van der Waals surface area contributed by atoms with Crippen LogP contribution in [-0.4, -0.2) is 6.10 Å². The van der Waals surface area contributed by atoms with Gasteiger partial charge in [-0.15, -0.1) is 11.3 Å². The minimum atomic E-state index is 0.178. The van der Waals surface area contributed by atoms with Gasteiger partial charge in [0.15, 0.2) is 0 Å². The van der Waals surface area contributed by atoms with Crippen LogP contribution < -0.4 is 10.1 Å². The molecular formula is C19H21NOS. The molecule has 0 aliphatic rings. The van der Waals surface area contributed by atoms with Crippen molar-refractivity contribution in [1.82, 2.24) is 5.32 Å². The van der Waals surface area contributed by atoms with Crippen LogP contribution in [0.25, 0.3) is 10.8 Å². The molecule has 0 spiro atoms. The smallest absolute Gasteiger partial charge is 0.124 e. The molecule has 1 N–H and O–H groups in total. The van der Waals surface area contributed by atoms with Crippen LogP contribution in [0.15, 0.2) is 53.9 Å². The molecule has 22 heavy (non-hydrogen) atoms. The van der Waals surface area contributed by atoms with Gasteiger partial charge in [0.1, 0.15) is 5.75 Å². The number of nitrogens with one attached hydrogen (secondary N) is 1. The van der Waals surface area contributed by atoms with Crippen LogP contribution in [-0.2, 0) is 13.1 Å². The van der Waals surface area contributed by atoms with E-state index in [0.717, 1.165) is 18.8 Å². The summed E-state index contributed by atoms with van der Waals surface area (Å²) in [5, 5.41) is 8.17. The molecule has 0 aliphatic heterocycles. The first-order chi connectivity index (χ1) is 10.7. The van der Waals surface area contributed by atoms with Crippen molar-refractivity contribution in [2.45, 2.75) is 33.0 Å².